The van der Waals surface area contributed by atoms with Crippen LogP contribution in [0.15, 0.2) is 18.2 Å². The summed E-state index contributed by atoms with van der Waals surface area (Å²) in [7, 11) is 0. The first-order valence-corrected chi connectivity index (χ1v) is 7.13. The maximum Gasteiger partial charge on any atom is 0.0465 e. The molecule has 0 heterocycles. The van der Waals surface area contributed by atoms with Gasteiger partial charge in [0.2, 0.25) is 0 Å². The quantitative estimate of drug-likeness (QED) is 0.838. The standard InChI is InChI=1S/C17H26O/c1-12-15(11-18)8-7-14-6-5-13(9-16(12)14)10-17(2,3)4/h5-6,9,12,15,18H,7-8,10-11H2,1-4H3. The van der Waals surface area contributed by atoms with E-state index in [-0.39, 0.29) is 0 Å². The summed E-state index contributed by atoms with van der Waals surface area (Å²) in [5.41, 5.74) is 4.74. The molecule has 1 aliphatic carbocycles. The number of fused-ring (bicyclic) bond motifs is 1. The van der Waals surface area contributed by atoms with E-state index in [4.69, 9.17) is 0 Å². The molecule has 0 saturated carbocycles. The lowest BCUT2D eigenvalue weighted by Gasteiger charge is -2.31. The van der Waals surface area contributed by atoms with Gasteiger partial charge in [-0.15, -0.1) is 0 Å². The molecule has 1 aromatic rings. The van der Waals surface area contributed by atoms with E-state index in [1.165, 1.54) is 16.7 Å². The minimum absolute atomic E-state index is 0.324. The second-order valence-corrected chi connectivity index (χ2v) is 7.04. The number of aliphatic hydroxyl groups excluding tert-OH is 1. The van der Waals surface area contributed by atoms with Crippen molar-refractivity contribution in [3.05, 3.63) is 34.9 Å². The van der Waals surface area contributed by atoms with E-state index in [9.17, 15) is 5.11 Å². The SMILES string of the molecule is CC1c2cc(CC(C)(C)C)ccc2CCC1CO. The average molecular weight is 246 g/mol. The molecule has 0 spiro atoms. The average Bonchev–Trinajstić information content (AvgIpc) is 2.28. The summed E-state index contributed by atoms with van der Waals surface area (Å²) in [6, 6.07) is 6.98. The summed E-state index contributed by atoms with van der Waals surface area (Å²) in [6.45, 7) is 9.44. The van der Waals surface area contributed by atoms with Crippen LogP contribution in [-0.2, 0) is 12.8 Å². The predicted octanol–water partition coefficient (Wildman–Crippen LogP) is 3.93. The third-order valence-corrected chi connectivity index (χ3v) is 4.16. The van der Waals surface area contributed by atoms with Gasteiger partial charge in [-0.05, 0) is 53.2 Å². The van der Waals surface area contributed by atoms with Crippen molar-refractivity contribution in [3.63, 3.8) is 0 Å². The molecular weight excluding hydrogens is 220 g/mol. The summed E-state index contributed by atoms with van der Waals surface area (Å²) < 4.78 is 0. The third kappa shape index (κ3) is 2.95. The molecule has 2 unspecified atom stereocenters. The molecule has 2 rings (SSSR count). The summed E-state index contributed by atoms with van der Waals surface area (Å²) in [5, 5.41) is 9.44. The Bertz CT molecular complexity index is 414. The van der Waals surface area contributed by atoms with Gasteiger partial charge in [0.15, 0.2) is 0 Å². The van der Waals surface area contributed by atoms with Crippen LogP contribution < -0.4 is 0 Å². The second kappa shape index (κ2) is 5.05. The van der Waals surface area contributed by atoms with Crippen molar-refractivity contribution >= 4 is 0 Å². The number of rotatable bonds is 2. The topological polar surface area (TPSA) is 20.2 Å². The number of aryl methyl sites for hydroxylation is 1. The van der Waals surface area contributed by atoms with Crippen LogP contribution in [0.4, 0.5) is 0 Å². The summed E-state index contributed by atoms with van der Waals surface area (Å²) in [4.78, 5) is 0. The fraction of sp³-hybridized carbons (Fsp3) is 0.647. The molecule has 100 valence electrons. The third-order valence-electron chi connectivity index (χ3n) is 4.16. The highest BCUT2D eigenvalue weighted by Crippen LogP contribution is 2.36. The Balaban J connectivity index is 2.27. The molecule has 0 amide bonds. The zero-order valence-corrected chi connectivity index (χ0v) is 12.2. The lowest BCUT2D eigenvalue weighted by molar-refractivity contribution is 0.194. The van der Waals surface area contributed by atoms with Crippen LogP contribution >= 0.6 is 0 Å². The van der Waals surface area contributed by atoms with Crippen molar-refractivity contribution < 1.29 is 5.11 Å². The summed E-state index contributed by atoms with van der Waals surface area (Å²) in [5.74, 6) is 0.945. The largest absolute Gasteiger partial charge is 0.396 e. The molecule has 0 fully saturated rings. The smallest absolute Gasteiger partial charge is 0.0465 e. The molecule has 0 aromatic heterocycles. The first-order chi connectivity index (χ1) is 8.40. The fourth-order valence-electron chi connectivity index (χ4n) is 3.11. The van der Waals surface area contributed by atoms with Crippen LogP contribution in [0, 0.1) is 11.3 Å². The Morgan fingerprint density at radius 3 is 2.61 bits per heavy atom. The Morgan fingerprint density at radius 2 is 2.00 bits per heavy atom. The number of hydrogen-bond acceptors (Lipinski definition) is 1. The second-order valence-electron chi connectivity index (χ2n) is 7.04. The molecule has 1 nitrogen and oxygen atoms in total. The molecule has 0 aliphatic heterocycles. The fourth-order valence-corrected chi connectivity index (χ4v) is 3.11. The van der Waals surface area contributed by atoms with E-state index in [1.54, 1.807) is 0 Å². The molecule has 0 saturated heterocycles. The summed E-state index contributed by atoms with van der Waals surface area (Å²) >= 11 is 0. The van der Waals surface area contributed by atoms with Crippen LogP contribution in [0.3, 0.4) is 0 Å². The van der Waals surface area contributed by atoms with Gasteiger partial charge < -0.3 is 5.11 Å². The van der Waals surface area contributed by atoms with Crippen molar-refractivity contribution in [2.45, 2.75) is 52.9 Å². The van der Waals surface area contributed by atoms with E-state index in [1.807, 2.05) is 0 Å². The molecule has 2 atom stereocenters. The van der Waals surface area contributed by atoms with E-state index in [0.717, 1.165) is 19.3 Å². The van der Waals surface area contributed by atoms with Crippen LogP contribution in [0.1, 0.15) is 56.7 Å². The van der Waals surface area contributed by atoms with Gasteiger partial charge in [0.05, 0.1) is 0 Å². The molecule has 1 aromatic carbocycles. The van der Waals surface area contributed by atoms with Gasteiger partial charge in [0, 0.05) is 6.61 Å². The van der Waals surface area contributed by atoms with E-state index in [0.29, 0.717) is 23.9 Å². The van der Waals surface area contributed by atoms with Crippen molar-refractivity contribution in [2.75, 3.05) is 6.61 Å². The van der Waals surface area contributed by atoms with Crippen molar-refractivity contribution in [1.29, 1.82) is 0 Å². The Labute approximate surface area is 111 Å². The highest BCUT2D eigenvalue weighted by Gasteiger charge is 2.26. The number of hydrogen-bond donors (Lipinski definition) is 1. The van der Waals surface area contributed by atoms with E-state index in [2.05, 4.69) is 45.9 Å². The van der Waals surface area contributed by atoms with Crippen molar-refractivity contribution in [1.82, 2.24) is 0 Å². The minimum atomic E-state index is 0.324. The molecule has 1 aliphatic rings. The minimum Gasteiger partial charge on any atom is -0.396 e. The van der Waals surface area contributed by atoms with Crippen LogP contribution in [-0.4, -0.2) is 11.7 Å². The van der Waals surface area contributed by atoms with E-state index < -0.39 is 0 Å². The maximum atomic E-state index is 9.44. The van der Waals surface area contributed by atoms with Gasteiger partial charge in [-0.3, -0.25) is 0 Å². The van der Waals surface area contributed by atoms with E-state index >= 15 is 0 Å². The lowest BCUT2D eigenvalue weighted by atomic mass is 9.75. The molecule has 0 radical (unpaired) electrons. The van der Waals surface area contributed by atoms with Gasteiger partial charge >= 0.3 is 0 Å². The number of benzene rings is 1. The molecule has 0 bridgehead atoms. The monoisotopic (exact) mass is 246 g/mol. The van der Waals surface area contributed by atoms with Crippen molar-refractivity contribution in [2.24, 2.45) is 11.3 Å². The Kier molecular flexibility index (Phi) is 3.82. The first-order valence-electron chi connectivity index (χ1n) is 7.13. The van der Waals surface area contributed by atoms with Gasteiger partial charge in [-0.25, -0.2) is 0 Å². The van der Waals surface area contributed by atoms with Gasteiger partial charge in [-0.2, -0.15) is 0 Å². The number of aliphatic hydroxyl groups is 1. The lowest BCUT2D eigenvalue weighted by Crippen LogP contribution is -2.22. The van der Waals surface area contributed by atoms with Gasteiger partial charge in [0.25, 0.3) is 0 Å². The highest BCUT2D eigenvalue weighted by atomic mass is 16.3. The molecule has 1 N–H and O–H groups in total. The van der Waals surface area contributed by atoms with Crippen molar-refractivity contribution in [3.8, 4) is 0 Å². The normalized spacial score (nSPS) is 23.8. The zero-order valence-electron chi connectivity index (χ0n) is 12.2. The van der Waals surface area contributed by atoms with Crippen LogP contribution in [0.25, 0.3) is 0 Å². The van der Waals surface area contributed by atoms with Gasteiger partial charge in [-0.1, -0.05) is 45.9 Å². The first kappa shape index (κ1) is 13.6. The summed E-state index contributed by atoms with van der Waals surface area (Å²) in [6.07, 6.45) is 3.38. The zero-order chi connectivity index (χ0) is 13.3. The Hall–Kier alpha value is -0.820. The van der Waals surface area contributed by atoms with Crippen LogP contribution in [0.5, 0.6) is 0 Å². The molecule has 1 heteroatoms. The molecular formula is C17H26O. The van der Waals surface area contributed by atoms with Crippen LogP contribution in [0.2, 0.25) is 0 Å². The highest BCUT2D eigenvalue weighted by molar-refractivity contribution is 5.37. The predicted molar refractivity (Wildman–Crippen MR) is 76.9 cm³/mol. The maximum absolute atomic E-state index is 9.44. The molecule has 18 heavy (non-hydrogen) atoms. The Morgan fingerprint density at radius 1 is 1.28 bits per heavy atom. The van der Waals surface area contributed by atoms with Gasteiger partial charge in [0.1, 0.15) is 0 Å².